The predicted molar refractivity (Wildman–Crippen MR) is 105 cm³/mol. The Morgan fingerprint density at radius 1 is 1.15 bits per heavy atom. The van der Waals surface area contributed by atoms with Gasteiger partial charge in [-0.15, -0.1) is 0 Å². The van der Waals surface area contributed by atoms with Crippen molar-refractivity contribution in [2.24, 2.45) is 4.99 Å². The van der Waals surface area contributed by atoms with E-state index in [9.17, 15) is 4.79 Å². The topological polar surface area (TPSA) is 69.9 Å². The van der Waals surface area contributed by atoms with Crippen molar-refractivity contribution in [3.63, 3.8) is 0 Å². The van der Waals surface area contributed by atoms with Gasteiger partial charge in [0.25, 0.3) is 5.91 Å². The summed E-state index contributed by atoms with van der Waals surface area (Å²) >= 11 is 0. The van der Waals surface area contributed by atoms with Crippen LogP contribution in [-0.2, 0) is 12.8 Å². The van der Waals surface area contributed by atoms with E-state index in [0.29, 0.717) is 12.1 Å². The number of benzene rings is 1. The van der Waals surface area contributed by atoms with E-state index in [1.165, 1.54) is 0 Å². The van der Waals surface area contributed by atoms with Gasteiger partial charge in [-0.3, -0.25) is 9.79 Å². The summed E-state index contributed by atoms with van der Waals surface area (Å²) in [5.41, 5.74) is 1.84. The van der Waals surface area contributed by atoms with Gasteiger partial charge in [0.1, 0.15) is 5.76 Å². The first kappa shape index (κ1) is 19.6. The summed E-state index contributed by atoms with van der Waals surface area (Å²) in [4.78, 5) is 18.2. The molecule has 2 aromatic rings. The van der Waals surface area contributed by atoms with Gasteiger partial charge in [-0.25, -0.2) is 0 Å². The van der Waals surface area contributed by atoms with Crippen LogP contribution in [0.5, 0.6) is 0 Å². The SMILES string of the molecule is CCNC(=NCCc1ccco1)NCCc1cccc(C(=O)N(C)C)c1. The van der Waals surface area contributed by atoms with Gasteiger partial charge in [0.15, 0.2) is 5.96 Å². The fourth-order valence-corrected chi connectivity index (χ4v) is 2.52. The van der Waals surface area contributed by atoms with Crippen molar-refractivity contribution < 1.29 is 9.21 Å². The minimum atomic E-state index is 0.0210. The molecule has 0 saturated heterocycles. The zero-order chi connectivity index (χ0) is 18.8. The Kier molecular flexibility index (Phi) is 7.74. The fourth-order valence-electron chi connectivity index (χ4n) is 2.52. The van der Waals surface area contributed by atoms with Crippen LogP contribution in [0.4, 0.5) is 0 Å². The zero-order valence-corrected chi connectivity index (χ0v) is 15.8. The van der Waals surface area contributed by atoms with Gasteiger partial charge in [0, 0.05) is 45.7 Å². The molecule has 26 heavy (non-hydrogen) atoms. The van der Waals surface area contributed by atoms with Crippen molar-refractivity contribution in [1.29, 1.82) is 0 Å². The van der Waals surface area contributed by atoms with Crippen molar-refractivity contribution in [3.05, 3.63) is 59.5 Å². The monoisotopic (exact) mass is 356 g/mol. The summed E-state index contributed by atoms with van der Waals surface area (Å²) in [7, 11) is 3.52. The van der Waals surface area contributed by atoms with Crippen LogP contribution in [-0.4, -0.2) is 50.5 Å². The molecule has 1 aromatic carbocycles. The lowest BCUT2D eigenvalue weighted by Gasteiger charge is -2.13. The Morgan fingerprint density at radius 3 is 2.69 bits per heavy atom. The van der Waals surface area contributed by atoms with Crippen molar-refractivity contribution in [3.8, 4) is 0 Å². The third-order valence-electron chi connectivity index (χ3n) is 3.84. The van der Waals surface area contributed by atoms with Crippen LogP contribution in [0.1, 0.15) is 28.6 Å². The van der Waals surface area contributed by atoms with Crippen LogP contribution < -0.4 is 10.6 Å². The summed E-state index contributed by atoms with van der Waals surface area (Å²) in [6, 6.07) is 11.6. The first-order chi connectivity index (χ1) is 12.6. The third kappa shape index (κ3) is 6.27. The molecule has 0 spiro atoms. The molecule has 1 heterocycles. The molecule has 0 atom stereocenters. The number of carbonyl (C=O) groups is 1. The molecule has 1 aromatic heterocycles. The normalized spacial score (nSPS) is 11.3. The maximum atomic E-state index is 12.1. The fraction of sp³-hybridized carbons (Fsp3) is 0.400. The van der Waals surface area contributed by atoms with Gasteiger partial charge in [-0.1, -0.05) is 12.1 Å². The average Bonchev–Trinajstić information content (AvgIpc) is 3.14. The summed E-state index contributed by atoms with van der Waals surface area (Å²) in [6.07, 6.45) is 3.27. The number of amides is 1. The van der Waals surface area contributed by atoms with E-state index in [2.05, 4.69) is 15.6 Å². The van der Waals surface area contributed by atoms with E-state index in [1.54, 1.807) is 25.3 Å². The highest BCUT2D eigenvalue weighted by molar-refractivity contribution is 5.94. The molecule has 0 saturated carbocycles. The molecule has 2 N–H and O–H groups in total. The summed E-state index contributed by atoms with van der Waals surface area (Å²) < 4.78 is 5.32. The summed E-state index contributed by atoms with van der Waals surface area (Å²) in [5, 5.41) is 6.57. The Balaban J connectivity index is 1.85. The molecule has 2 rings (SSSR count). The first-order valence-corrected chi connectivity index (χ1v) is 8.95. The van der Waals surface area contributed by atoms with Gasteiger partial charge in [-0.2, -0.15) is 0 Å². The molecule has 1 amide bonds. The maximum Gasteiger partial charge on any atom is 0.253 e. The molecule has 6 nitrogen and oxygen atoms in total. The van der Waals surface area contributed by atoms with Crippen LogP contribution in [0.3, 0.4) is 0 Å². The molecule has 0 radical (unpaired) electrons. The molecule has 0 aliphatic heterocycles. The minimum absolute atomic E-state index is 0.0210. The number of rotatable bonds is 8. The lowest BCUT2D eigenvalue weighted by atomic mass is 10.1. The summed E-state index contributed by atoms with van der Waals surface area (Å²) in [6.45, 7) is 4.25. The average molecular weight is 356 g/mol. The number of hydrogen-bond donors (Lipinski definition) is 2. The van der Waals surface area contributed by atoms with Crippen molar-refractivity contribution in [2.75, 3.05) is 33.7 Å². The van der Waals surface area contributed by atoms with Crippen molar-refractivity contribution in [2.45, 2.75) is 19.8 Å². The number of aliphatic imine (C=N–C) groups is 1. The lowest BCUT2D eigenvalue weighted by Crippen LogP contribution is -2.38. The van der Waals surface area contributed by atoms with Crippen LogP contribution >= 0.6 is 0 Å². The second-order valence-electron chi connectivity index (χ2n) is 6.17. The molecule has 0 unspecified atom stereocenters. The van der Waals surface area contributed by atoms with E-state index in [0.717, 1.165) is 43.2 Å². The highest BCUT2D eigenvalue weighted by Gasteiger charge is 2.08. The Morgan fingerprint density at radius 2 is 2.00 bits per heavy atom. The minimum Gasteiger partial charge on any atom is -0.469 e. The molecular weight excluding hydrogens is 328 g/mol. The maximum absolute atomic E-state index is 12.1. The van der Waals surface area contributed by atoms with Crippen LogP contribution in [0, 0.1) is 0 Å². The van der Waals surface area contributed by atoms with E-state index < -0.39 is 0 Å². The molecular formula is C20H28N4O2. The molecule has 0 aliphatic carbocycles. The second kappa shape index (κ2) is 10.3. The number of guanidine groups is 1. The van der Waals surface area contributed by atoms with Crippen molar-refractivity contribution >= 4 is 11.9 Å². The van der Waals surface area contributed by atoms with E-state index >= 15 is 0 Å². The number of furan rings is 1. The Bertz CT molecular complexity index is 708. The number of nitrogens with zero attached hydrogens (tertiary/aromatic N) is 2. The van der Waals surface area contributed by atoms with E-state index in [-0.39, 0.29) is 5.91 Å². The Labute approximate surface area is 155 Å². The first-order valence-electron chi connectivity index (χ1n) is 8.95. The Hall–Kier alpha value is -2.76. The van der Waals surface area contributed by atoms with Crippen LogP contribution in [0.2, 0.25) is 0 Å². The smallest absolute Gasteiger partial charge is 0.253 e. The molecule has 0 bridgehead atoms. The van der Waals surface area contributed by atoms with E-state index in [4.69, 9.17) is 4.42 Å². The molecule has 0 aliphatic rings. The van der Waals surface area contributed by atoms with Crippen LogP contribution in [0.25, 0.3) is 0 Å². The predicted octanol–water partition coefficient (Wildman–Crippen LogP) is 2.32. The lowest BCUT2D eigenvalue weighted by molar-refractivity contribution is 0.0827. The third-order valence-corrected chi connectivity index (χ3v) is 3.84. The zero-order valence-electron chi connectivity index (χ0n) is 15.8. The van der Waals surface area contributed by atoms with Crippen molar-refractivity contribution in [1.82, 2.24) is 15.5 Å². The highest BCUT2D eigenvalue weighted by atomic mass is 16.3. The van der Waals surface area contributed by atoms with Gasteiger partial charge < -0.3 is 20.0 Å². The quantitative estimate of drug-likeness (QED) is 0.563. The largest absolute Gasteiger partial charge is 0.469 e. The number of hydrogen-bond acceptors (Lipinski definition) is 3. The highest BCUT2D eigenvalue weighted by Crippen LogP contribution is 2.07. The van der Waals surface area contributed by atoms with E-state index in [1.807, 2.05) is 43.3 Å². The van der Waals surface area contributed by atoms with Gasteiger partial charge in [0.2, 0.25) is 0 Å². The second-order valence-corrected chi connectivity index (χ2v) is 6.17. The molecule has 6 heteroatoms. The van der Waals surface area contributed by atoms with Gasteiger partial charge in [0.05, 0.1) is 6.26 Å². The van der Waals surface area contributed by atoms with Gasteiger partial charge in [-0.05, 0) is 43.2 Å². The van der Waals surface area contributed by atoms with Gasteiger partial charge >= 0.3 is 0 Å². The standard InChI is InChI=1S/C20H28N4O2/c1-4-21-20(23-13-11-18-9-6-14-26-18)22-12-10-16-7-5-8-17(15-16)19(25)24(2)3/h5-9,14-15H,4,10-13H2,1-3H3,(H2,21,22,23). The van der Waals surface area contributed by atoms with Crippen LogP contribution in [0.15, 0.2) is 52.1 Å². The number of nitrogens with one attached hydrogen (secondary N) is 2. The number of carbonyl (C=O) groups excluding carboxylic acids is 1. The summed E-state index contributed by atoms with van der Waals surface area (Å²) in [5.74, 6) is 1.75. The molecule has 140 valence electrons. The molecule has 0 fully saturated rings.